The van der Waals surface area contributed by atoms with Crippen LogP contribution in [0.2, 0.25) is 0 Å². The maximum absolute atomic E-state index is 12.9. The van der Waals surface area contributed by atoms with Gasteiger partial charge in [0, 0.05) is 42.0 Å². The van der Waals surface area contributed by atoms with E-state index in [2.05, 4.69) is 37.5 Å². The predicted octanol–water partition coefficient (Wildman–Crippen LogP) is 5.95. The normalized spacial score (nSPS) is 23.2. The molecule has 2 N–H and O–H groups in total. The largest absolute Gasteiger partial charge is 0.359 e. The van der Waals surface area contributed by atoms with Crippen molar-refractivity contribution in [3.8, 4) is 11.1 Å². The lowest BCUT2D eigenvalue weighted by Gasteiger charge is -2.23. The van der Waals surface area contributed by atoms with E-state index in [1.54, 1.807) is 12.3 Å². The number of likely N-dealkylation sites (tertiary alicyclic amines) is 1. The Labute approximate surface area is 222 Å². The van der Waals surface area contributed by atoms with Gasteiger partial charge in [-0.3, -0.25) is 4.79 Å². The number of rotatable bonds is 6. The second kappa shape index (κ2) is 9.99. The van der Waals surface area contributed by atoms with E-state index < -0.39 is 0 Å². The third-order valence-corrected chi connectivity index (χ3v) is 7.70. The van der Waals surface area contributed by atoms with Crippen molar-refractivity contribution in [2.24, 2.45) is 11.8 Å². The quantitative estimate of drug-likeness (QED) is 0.322. The Balaban J connectivity index is 1.32. The highest BCUT2D eigenvalue weighted by Crippen LogP contribution is 2.43. The van der Waals surface area contributed by atoms with Gasteiger partial charge in [-0.2, -0.15) is 4.98 Å². The van der Waals surface area contributed by atoms with Gasteiger partial charge in [-0.05, 0) is 49.1 Å². The molecule has 4 atom stereocenters. The van der Waals surface area contributed by atoms with Crippen molar-refractivity contribution in [3.63, 3.8) is 0 Å². The molecule has 8 nitrogen and oxygen atoms in total. The van der Waals surface area contributed by atoms with Gasteiger partial charge in [-0.25, -0.2) is 16.4 Å². The van der Waals surface area contributed by atoms with Crippen LogP contribution in [0, 0.1) is 25.0 Å². The van der Waals surface area contributed by atoms with Crippen molar-refractivity contribution in [1.29, 1.82) is 0 Å². The highest BCUT2D eigenvalue weighted by atomic mass is 16.2. The number of fused-ring (bicyclic) bond motifs is 2. The Hall–Kier alpha value is -4.69. The fourth-order valence-electron chi connectivity index (χ4n) is 5.79. The molecule has 3 aromatic rings. The average molecular weight is 502 g/mol. The molecule has 2 bridgehead atoms. The second-order valence-electron chi connectivity index (χ2n) is 10.1. The number of hydrogen-bond donors (Lipinski definition) is 2. The number of nitrogens with one attached hydrogen (secondary N) is 2. The average Bonchev–Trinajstić information content (AvgIpc) is 3.72. The van der Waals surface area contributed by atoms with Crippen LogP contribution in [0.4, 0.5) is 23.1 Å². The Morgan fingerprint density at radius 3 is 2.66 bits per heavy atom. The van der Waals surface area contributed by atoms with Crippen molar-refractivity contribution >= 4 is 29.0 Å². The minimum Gasteiger partial charge on any atom is -0.359 e. The van der Waals surface area contributed by atoms with Crippen LogP contribution in [-0.2, 0) is 0 Å². The van der Waals surface area contributed by atoms with E-state index in [4.69, 9.17) is 18.1 Å². The topological polar surface area (TPSA) is 78.9 Å². The minimum absolute atomic E-state index is 0.0407. The van der Waals surface area contributed by atoms with Gasteiger partial charge in [0.1, 0.15) is 11.9 Å². The summed E-state index contributed by atoms with van der Waals surface area (Å²) in [5.41, 5.74) is 3.51. The molecule has 6 rings (SSSR count). The number of aromatic nitrogens is 2. The van der Waals surface area contributed by atoms with E-state index in [9.17, 15) is 4.79 Å². The molecule has 2 fully saturated rings. The zero-order valence-electron chi connectivity index (χ0n) is 20.8. The van der Waals surface area contributed by atoms with Crippen LogP contribution in [0.3, 0.4) is 0 Å². The van der Waals surface area contributed by atoms with E-state index in [1.165, 1.54) is 0 Å². The zero-order valence-corrected chi connectivity index (χ0v) is 20.8. The molecule has 1 aliphatic heterocycles. The van der Waals surface area contributed by atoms with Gasteiger partial charge < -0.3 is 20.4 Å². The van der Waals surface area contributed by atoms with Gasteiger partial charge in [-0.1, -0.05) is 36.4 Å². The molecule has 3 aliphatic rings. The van der Waals surface area contributed by atoms with E-state index >= 15 is 0 Å². The molecule has 38 heavy (non-hydrogen) atoms. The molecule has 8 heteroatoms. The maximum Gasteiger partial charge on any atom is 0.253 e. The first-order chi connectivity index (χ1) is 18.6. The van der Waals surface area contributed by atoms with Gasteiger partial charge in [0.05, 0.1) is 12.5 Å². The lowest BCUT2D eigenvalue weighted by molar-refractivity contribution is 0.0793. The van der Waals surface area contributed by atoms with E-state index in [0.29, 0.717) is 23.0 Å². The summed E-state index contributed by atoms with van der Waals surface area (Å²) in [5, 5.41) is 6.84. The van der Waals surface area contributed by atoms with Gasteiger partial charge in [0.2, 0.25) is 12.0 Å². The lowest BCUT2D eigenvalue weighted by atomic mass is 9.96. The summed E-state index contributed by atoms with van der Waals surface area (Å²) < 4.78 is 0. The highest BCUT2D eigenvalue weighted by molar-refractivity contribution is 5.95. The molecule has 2 heterocycles. The fourth-order valence-corrected chi connectivity index (χ4v) is 5.79. The molecular formula is C30H27N7O. The number of benzene rings is 2. The number of nitrogens with zero attached hydrogens (tertiary/aromatic N) is 5. The van der Waals surface area contributed by atoms with Gasteiger partial charge in [0.15, 0.2) is 5.69 Å². The van der Waals surface area contributed by atoms with Crippen LogP contribution in [0.1, 0.15) is 29.6 Å². The van der Waals surface area contributed by atoms with E-state index in [0.717, 1.165) is 49.2 Å². The van der Waals surface area contributed by atoms with E-state index in [-0.39, 0.29) is 29.8 Å². The monoisotopic (exact) mass is 501 g/mol. The van der Waals surface area contributed by atoms with Crippen LogP contribution in [0.15, 0.2) is 66.9 Å². The predicted molar refractivity (Wildman–Crippen MR) is 147 cm³/mol. The SMILES string of the molecule is [C-]#[N+]c1cccc(-c2cnc(Nc3cccc(C(=O)N4CCCC4)c3)nc2N[C@H]2[C@@H]([N+]#[C-])[C@@H]3C=C[C@H]2C3)c1. The molecule has 2 aromatic carbocycles. The molecule has 2 aliphatic carbocycles. The van der Waals surface area contributed by atoms with Crippen LogP contribution in [0.5, 0.6) is 0 Å². The molecule has 0 unspecified atom stereocenters. The number of carbonyl (C=O) groups excluding carboxylic acids is 1. The first-order valence-electron chi connectivity index (χ1n) is 13.0. The molecule has 1 aromatic heterocycles. The summed E-state index contributed by atoms with van der Waals surface area (Å²) in [6.45, 7) is 16.8. The first-order valence-corrected chi connectivity index (χ1v) is 13.0. The van der Waals surface area contributed by atoms with Crippen molar-refractivity contribution in [2.75, 3.05) is 23.7 Å². The van der Waals surface area contributed by atoms with Crippen LogP contribution >= 0.6 is 0 Å². The molecule has 0 radical (unpaired) electrons. The minimum atomic E-state index is -0.146. The standard InChI is InChI=1S/C30H27N7O/c1-31-23-9-5-7-19(16-23)25-18-33-30(36-28(25)35-27-21-12-11-20(15-21)26(27)32-2)34-24-10-6-8-22(17-24)29(38)37-13-3-4-14-37/h5-12,16-18,20-21,26-27H,3-4,13-15H2,(H2,33,34,35,36)/t20-,21+,26+,27-/m1/s1. The second-order valence-corrected chi connectivity index (χ2v) is 10.1. The lowest BCUT2D eigenvalue weighted by Crippen LogP contribution is -2.35. The van der Waals surface area contributed by atoms with Gasteiger partial charge in [-0.15, -0.1) is 0 Å². The van der Waals surface area contributed by atoms with Crippen LogP contribution in [0.25, 0.3) is 20.8 Å². The molecule has 0 spiro atoms. The molecule has 1 saturated heterocycles. The van der Waals surface area contributed by atoms with Crippen LogP contribution < -0.4 is 10.6 Å². The Morgan fingerprint density at radius 1 is 1.03 bits per heavy atom. The Morgan fingerprint density at radius 2 is 1.84 bits per heavy atom. The van der Waals surface area contributed by atoms with Crippen molar-refractivity contribution in [1.82, 2.24) is 14.9 Å². The third-order valence-electron chi connectivity index (χ3n) is 7.70. The summed E-state index contributed by atoms with van der Waals surface area (Å²) in [7, 11) is 0. The van der Waals surface area contributed by atoms with Gasteiger partial charge in [0.25, 0.3) is 5.91 Å². The smallest absolute Gasteiger partial charge is 0.253 e. The number of anilines is 3. The third kappa shape index (κ3) is 4.46. The van der Waals surface area contributed by atoms with Crippen molar-refractivity contribution in [2.45, 2.75) is 31.3 Å². The highest BCUT2D eigenvalue weighted by Gasteiger charge is 2.49. The maximum atomic E-state index is 12.9. The van der Waals surface area contributed by atoms with Gasteiger partial charge >= 0.3 is 0 Å². The van der Waals surface area contributed by atoms with Crippen molar-refractivity contribution in [3.05, 3.63) is 95.3 Å². The van der Waals surface area contributed by atoms with E-state index in [1.807, 2.05) is 47.4 Å². The van der Waals surface area contributed by atoms with Crippen LogP contribution in [-0.4, -0.2) is 45.9 Å². The molecule has 1 saturated carbocycles. The fraction of sp³-hybridized carbons (Fsp3) is 0.300. The Kier molecular flexibility index (Phi) is 6.23. The summed E-state index contributed by atoms with van der Waals surface area (Å²) in [6.07, 6.45) is 9.18. The Bertz CT molecular complexity index is 1490. The molecular weight excluding hydrogens is 474 g/mol. The summed E-state index contributed by atoms with van der Waals surface area (Å²) in [6, 6.07) is 14.6. The summed E-state index contributed by atoms with van der Waals surface area (Å²) in [5.74, 6) is 1.59. The first kappa shape index (κ1) is 23.7. The number of amides is 1. The zero-order chi connectivity index (χ0) is 26.1. The summed E-state index contributed by atoms with van der Waals surface area (Å²) in [4.78, 5) is 31.7. The summed E-state index contributed by atoms with van der Waals surface area (Å²) >= 11 is 0. The van der Waals surface area contributed by atoms with Crippen molar-refractivity contribution < 1.29 is 4.79 Å². The molecule has 188 valence electrons. The number of hydrogen-bond acceptors (Lipinski definition) is 5. The number of carbonyl (C=O) groups is 1. The molecule has 1 amide bonds.